The third-order valence-electron chi connectivity index (χ3n) is 1.77. The second-order valence-electron chi connectivity index (χ2n) is 3.00. The highest BCUT2D eigenvalue weighted by molar-refractivity contribution is 7.80. The predicted molar refractivity (Wildman–Crippen MR) is 68.7 cm³/mol. The molecule has 0 aliphatic rings. The summed E-state index contributed by atoms with van der Waals surface area (Å²) < 4.78 is 0. The molecule has 1 aromatic rings. The number of anilines is 1. The largest absolute Gasteiger partial charge is 0.365 e. The molecule has 4 N–H and O–H groups in total. The number of hydrogen-bond acceptors (Lipinski definition) is 3. The van der Waals surface area contributed by atoms with Crippen LogP contribution in [0.2, 0.25) is 0 Å². The van der Waals surface area contributed by atoms with Crippen molar-refractivity contribution in [1.29, 1.82) is 5.26 Å². The quantitative estimate of drug-likeness (QED) is 0.418. The summed E-state index contributed by atoms with van der Waals surface area (Å²) in [4.78, 5) is 10.7. The van der Waals surface area contributed by atoms with Crippen LogP contribution in [0.4, 0.5) is 5.69 Å². The summed E-state index contributed by atoms with van der Waals surface area (Å²) >= 11 is 4.96. The molecule has 0 spiro atoms. The third-order valence-corrected chi connectivity index (χ3v) is 1.99. The van der Waals surface area contributed by atoms with Gasteiger partial charge in [-0.3, -0.25) is 4.79 Å². The number of rotatable bonds is 3. The van der Waals surface area contributed by atoms with E-state index in [-0.39, 0.29) is 10.7 Å². The zero-order valence-corrected chi connectivity index (χ0v) is 9.62. The van der Waals surface area contributed by atoms with Gasteiger partial charge in [0.2, 0.25) is 0 Å². The monoisotopic (exact) mass is 246 g/mol. The predicted octanol–water partition coefficient (Wildman–Crippen LogP) is 0.866. The first kappa shape index (κ1) is 12.7. The Hall–Kier alpha value is -2.39. The van der Waals surface area contributed by atoms with Gasteiger partial charge in [0.05, 0.1) is 0 Å². The van der Waals surface area contributed by atoms with E-state index in [0.29, 0.717) is 0 Å². The Balaban J connectivity index is 2.57. The van der Waals surface area contributed by atoms with Crippen LogP contribution in [0.25, 0.3) is 0 Å². The Labute approximate surface area is 104 Å². The smallest absolute Gasteiger partial charge is 0.260 e. The minimum Gasteiger partial charge on any atom is -0.365 e. The molecule has 0 bridgehead atoms. The number of hydrogen-bond donors (Lipinski definition) is 3. The van der Waals surface area contributed by atoms with Gasteiger partial charge in [-0.1, -0.05) is 18.2 Å². The van der Waals surface area contributed by atoms with Crippen LogP contribution in [-0.2, 0) is 4.79 Å². The van der Waals surface area contributed by atoms with Crippen LogP contribution in [0.1, 0.15) is 0 Å². The molecule has 0 radical (unpaired) electrons. The molecule has 5 nitrogen and oxygen atoms in total. The van der Waals surface area contributed by atoms with Crippen LogP contribution < -0.4 is 16.4 Å². The van der Waals surface area contributed by atoms with Gasteiger partial charge in [-0.25, -0.2) is 0 Å². The summed E-state index contributed by atoms with van der Waals surface area (Å²) in [7, 11) is 0. The number of nitrogens with two attached hydrogens (primary N) is 1. The molecule has 0 fully saturated rings. The van der Waals surface area contributed by atoms with Crippen molar-refractivity contribution in [2.24, 2.45) is 5.73 Å². The van der Waals surface area contributed by atoms with Gasteiger partial charge in [0.25, 0.3) is 5.91 Å². The van der Waals surface area contributed by atoms with E-state index in [4.69, 9.17) is 23.2 Å². The van der Waals surface area contributed by atoms with Gasteiger partial charge in [0.15, 0.2) is 5.11 Å². The van der Waals surface area contributed by atoms with Gasteiger partial charge in [-0.2, -0.15) is 5.26 Å². The molecule has 0 saturated heterocycles. The lowest BCUT2D eigenvalue weighted by molar-refractivity contribution is -0.114. The number of para-hydroxylation sites is 1. The first-order valence-electron chi connectivity index (χ1n) is 4.66. The number of carbonyl (C=O) groups excluding carboxylic acids is 1. The Morgan fingerprint density at radius 1 is 1.41 bits per heavy atom. The molecule has 1 amide bonds. The second kappa shape index (κ2) is 6.25. The fourth-order valence-electron chi connectivity index (χ4n) is 0.985. The van der Waals surface area contributed by atoms with Crippen molar-refractivity contribution in [3.8, 4) is 6.07 Å². The average Bonchev–Trinajstić information content (AvgIpc) is 2.30. The molecule has 1 aromatic carbocycles. The summed E-state index contributed by atoms with van der Waals surface area (Å²) in [5.74, 6) is -0.803. The summed E-state index contributed by atoms with van der Waals surface area (Å²) in [5, 5.41) is 14.3. The zero-order chi connectivity index (χ0) is 12.7. The van der Waals surface area contributed by atoms with Crippen molar-refractivity contribution in [1.82, 2.24) is 5.32 Å². The van der Waals surface area contributed by atoms with Crippen LogP contribution in [0.3, 0.4) is 0 Å². The summed E-state index contributed by atoms with van der Waals surface area (Å²) in [6, 6.07) is 10.9. The zero-order valence-electron chi connectivity index (χ0n) is 8.81. The van der Waals surface area contributed by atoms with E-state index in [1.807, 2.05) is 30.3 Å². The van der Waals surface area contributed by atoms with Gasteiger partial charge in [0.1, 0.15) is 11.6 Å². The number of primary amides is 1. The van der Waals surface area contributed by atoms with E-state index in [1.54, 1.807) is 6.07 Å². The van der Waals surface area contributed by atoms with Crippen molar-refractivity contribution >= 4 is 28.9 Å². The fourth-order valence-corrected chi connectivity index (χ4v) is 1.16. The number of thiocarbonyl (C=S) groups is 1. The van der Waals surface area contributed by atoms with Gasteiger partial charge >= 0.3 is 0 Å². The van der Waals surface area contributed by atoms with E-state index in [1.165, 1.54) is 6.20 Å². The molecule has 0 saturated carbocycles. The molecule has 86 valence electrons. The topological polar surface area (TPSA) is 90.9 Å². The summed E-state index contributed by atoms with van der Waals surface area (Å²) in [5.41, 5.74) is 5.56. The minimum atomic E-state index is -0.803. The normalized spacial score (nSPS) is 10.2. The number of nitriles is 1. The maximum Gasteiger partial charge on any atom is 0.260 e. The SMILES string of the molecule is N#C/C(=C\NC(=S)Nc1ccccc1)C(N)=O. The van der Waals surface area contributed by atoms with Crippen LogP contribution in [0.5, 0.6) is 0 Å². The first-order chi connectivity index (χ1) is 8.13. The van der Waals surface area contributed by atoms with Crippen molar-refractivity contribution in [3.05, 3.63) is 42.1 Å². The third kappa shape index (κ3) is 4.32. The lowest BCUT2D eigenvalue weighted by Gasteiger charge is -2.06. The molecular weight excluding hydrogens is 236 g/mol. The maximum atomic E-state index is 10.7. The Bertz CT molecular complexity index is 490. The lowest BCUT2D eigenvalue weighted by atomic mass is 10.3. The van der Waals surface area contributed by atoms with E-state index in [2.05, 4.69) is 10.6 Å². The highest BCUT2D eigenvalue weighted by Crippen LogP contribution is 2.04. The molecule has 0 aliphatic carbocycles. The molecule has 0 aliphatic heterocycles. The van der Waals surface area contributed by atoms with E-state index in [9.17, 15) is 4.79 Å². The van der Waals surface area contributed by atoms with Crippen molar-refractivity contribution < 1.29 is 4.79 Å². The Morgan fingerprint density at radius 3 is 2.59 bits per heavy atom. The highest BCUT2D eigenvalue weighted by atomic mass is 32.1. The maximum absolute atomic E-state index is 10.7. The van der Waals surface area contributed by atoms with Crippen molar-refractivity contribution in [3.63, 3.8) is 0 Å². The number of nitrogens with one attached hydrogen (secondary N) is 2. The van der Waals surface area contributed by atoms with Gasteiger partial charge < -0.3 is 16.4 Å². The van der Waals surface area contributed by atoms with Crippen LogP contribution in [0, 0.1) is 11.3 Å². The average molecular weight is 246 g/mol. The van der Waals surface area contributed by atoms with Gasteiger partial charge in [-0.15, -0.1) is 0 Å². The van der Waals surface area contributed by atoms with Gasteiger partial charge in [0, 0.05) is 11.9 Å². The van der Waals surface area contributed by atoms with E-state index in [0.717, 1.165) is 5.69 Å². The Morgan fingerprint density at radius 2 is 2.06 bits per heavy atom. The number of amides is 1. The molecule has 6 heteroatoms. The molecule has 1 rings (SSSR count). The summed E-state index contributed by atoms with van der Waals surface area (Å²) in [6.07, 6.45) is 1.17. The first-order valence-corrected chi connectivity index (χ1v) is 5.07. The van der Waals surface area contributed by atoms with Crippen LogP contribution >= 0.6 is 12.2 Å². The standard InChI is InChI=1S/C11H10N4OS/c12-6-8(10(13)16)7-14-11(17)15-9-4-2-1-3-5-9/h1-5,7H,(H2,13,16)(H2,14,15,17)/b8-7+. The Kier molecular flexibility index (Phi) is 4.66. The van der Waals surface area contributed by atoms with E-state index >= 15 is 0 Å². The summed E-state index contributed by atoms with van der Waals surface area (Å²) in [6.45, 7) is 0. The molecular formula is C11H10N4OS. The fraction of sp³-hybridized carbons (Fsp3) is 0. The van der Waals surface area contributed by atoms with Crippen LogP contribution in [-0.4, -0.2) is 11.0 Å². The number of benzene rings is 1. The highest BCUT2D eigenvalue weighted by Gasteiger charge is 2.02. The molecule has 0 unspecified atom stereocenters. The second-order valence-corrected chi connectivity index (χ2v) is 3.41. The minimum absolute atomic E-state index is 0.192. The van der Waals surface area contributed by atoms with Crippen molar-refractivity contribution in [2.75, 3.05) is 5.32 Å². The van der Waals surface area contributed by atoms with E-state index < -0.39 is 5.91 Å². The molecule has 0 atom stereocenters. The molecule has 0 heterocycles. The molecule has 17 heavy (non-hydrogen) atoms. The molecule has 0 aromatic heterocycles. The number of nitrogens with zero attached hydrogens (tertiary/aromatic N) is 1. The number of carbonyl (C=O) groups is 1. The van der Waals surface area contributed by atoms with Gasteiger partial charge in [-0.05, 0) is 24.4 Å². The lowest BCUT2D eigenvalue weighted by Crippen LogP contribution is -2.25. The van der Waals surface area contributed by atoms with Crippen molar-refractivity contribution in [2.45, 2.75) is 0 Å². The van der Waals surface area contributed by atoms with Crippen LogP contribution in [0.15, 0.2) is 42.1 Å².